The number of morpholine rings is 1. The van der Waals surface area contributed by atoms with Gasteiger partial charge in [-0.3, -0.25) is 4.90 Å². The highest BCUT2D eigenvalue weighted by Gasteiger charge is 2.15. The fraction of sp³-hybridized carbons (Fsp3) is 0.667. The lowest BCUT2D eigenvalue weighted by molar-refractivity contribution is 0.0367. The number of unbranched alkanes of at least 4 members (excludes halogenated alkanes) is 1. The Hall–Kier alpha value is -1.37. The molecule has 1 heterocycles. The van der Waals surface area contributed by atoms with Crippen LogP contribution in [0.25, 0.3) is 0 Å². The molecule has 5 nitrogen and oxygen atoms in total. The molecule has 1 aromatic carbocycles. The number of rotatable bonds is 11. The molecule has 1 saturated heterocycles. The molecule has 152 valence electrons. The number of para-hydroxylation sites is 1. The van der Waals surface area contributed by atoms with Gasteiger partial charge in [0.2, 0.25) is 0 Å². The second kappa shape index (κ2) is 12.9. The van der Waals surface area contributed by atoms with Crippen LogP contribution in [-0.4, -0.2) is 67.5 Å². The van der Waals surface area contributed by atoms with Crippen molar-refractivity contribution in [2.24, 2.45) is 0 Å². The van der Waals surface area contributed by atoms with Crippen molar-refractivity contribution in [1.29, 1.82) is 0 Å². The molecule has 1 fully saturated rings. The summed E-state index contributed by atoms with van der Waals surface area (Å²) < 4.78 is 11.2. The molecule has 0 aromatic heterocycles. The van der Waals surface area contributed by atoms with Crippen LogP contribution >= 0.6 is 12.2 Å². The van der Waals surface area contributed by atoms with Crippen molar-refractivity contribution in [3.05, 3.63) is 29.8 Å². The third-order valence-corrected chi connectivity index (χ3v) is 5.14. The molecule has 0 radical (unpaired) electrons. The molecule has 1 aliphatic heterocycles. The molecule has 0 spiro atoms. The maximum absolute atomic E-state index is 5.80. The van der Waals surface area contributed by atoms with Gasteiger partial charge in [-0.2, -0.15) is 0 Å². The molecular formula is C21H35N3O2S. The van der Waals surface area contributed by atoms with Gasteiger partial charge in [0, 0.05) is 44.8 Å². The summed E-state index contributed by atoms with van der Waals surface area (Å²) in [5.74, 6) is 0.953. The van der Waals surface area contributed by atoms with E-state index in [1.54, 1.807) is 0 Å². The van der Waals surface area contributed by atoms with Crippen molar-refractivity contribution in [1.82, 2.24) is 15.1 Å². The number of benzene rings is 1. The first kappa shape index (κ1) is 21.9. The maximum Gasteiger partial charge on any atom is 0.169 e. The van der Waals surface area contributed by atoms with Crippen LogP contribution in [0.1, 0.15) is 38.7 Å². The molecule has 0 amide bonds. The summed E-state index contributed by atoms with van der Waals surface area (Å²) in [4.78, 5) is 4.76. The van der Waals surface area contributed by atoms with E-state index in [-0.39, 0.29) is 0 Å². The van der Waals surface area contributed by atoms with Gasteiger partial charge < -0.3 is 19.7 Å². The molecule has 0 saturated carbocycles. The second-order valence-electron chi connectivity index (χ2n) is 6.86. The van der Waals surface area contributed by atoms with E-state index in [0.29, 0.717) is 6.61 Å². The number of ether oxygens (including phenoxy) is 2. The Labute approximate surface area is 170 Å². The highest BCUT2D eigenvalue weighted by atomic mass is 32.1. The number of thiocarbonyl (C=S) groups is 1. The van der Waals surface area contributed by atoms with E-state index in [2.05, 4.69) is 34.2 Å². The largest absolute Gasteiger partial charge is 0.494 e. The summed E-state index contributed by atoms with van der Waals surface area (Å²) in [6, 6.07) is 8.26. The first-order chi connectivity index (χ1) is 13.2. The Kier molecular flexibility index (Phi) is 10.5. The summed E-state index contributed by atoms with van der Waals surface area (Å²) in [5, 5.41) is 4.27. The van der Waals surface area contributed by atoms with E-state index in [1.165, 1.54) is 12.0 Å². The molecule has 2 rings (SSSR count). The van der Waals surface area contributed by atoms with Gasteiger partial charge in [-0.05, 0) is 38.0 Å². The topological polar surface area (TPSA) is 37.0 Å². The summed E-state index contributed by atoms with van der Waals surface area (Å²) in [7, 11) is 0. The monoisotopic (exact) mass is 393 g/mol. The SMILES string of the molecule is CCCCNC(=S)N(CCCN1CCOCC1)Cc1ccccc1OCC. The number of nitrogens with zero attached hydrogens (tertiary/aromatic N) is 2. The van der Waals surface area contributed by atoms with Gasteiger partial charge in [0.05, 0.1) is 19.8 Å². The lowest BCUT2D eigenvalue weighted by atomic mass is 10.2. The van der Waals surface area contributed by atoms with Crippen molar-refractivity contribution >= 4 is 17.3 Å². The summed E-state index contributed by atoms with van der Waals surface area (Å²) in [6.07, 6.45) is 3.39. The van der Waals surface area contributed by atoms with Crippen LogP contribution in [-0.2, 0) is 11.3 Å². The normalized spacial score (nSPS) is 14.7. The Morgan fingerprint density at radius 2 is 2.00 bits per heavy atom. The van der Waals surface area contributed by atoms with Crippen LogP contribution in [0.3, 0.4) is 0 Å². The molecule has 0 bridgehead atoms. The fourth-order valence-electron chi connectivity index (χ4n) is 3.18. The standard InChI is InChI=1S/C21H35N3O2S/c1-3-5-11-22-21(27)24(13-8-12-23-14-16-25-17-15-23)18-19-9-6-7-10-20(19)26-4-2/h6-7,9-10H,3-5,8,11-18H2,1-2H3,(H,22,27). The first-order valence-electron chi connectivity index (χ1n) is 10.3. The molecule has 0 aliphatic carbocycles. The van der Waals surface area contributed by atoms with Gasteiger partial charge in [0.1, 0.15) is 5.75 Å². The minimum Gasteiger partial charge on any atom is -0.494 e. The zero-order valence-corrected chi connectivity index (χ0v) is 17.7. The molecular weight excluding hydrogens is 358 g/mol. The van der Waals surface area contributed by atoms with E-state index in [0.717, 1.165) is 76.2 Å². The van der Waals surface area contributed by atoms with Gasteiger partial charge in [-0.1, -0.05) is 31.5 Å². The highest BCUT2D eigenvalue weighted by molar-refractivity contribution is 7.80. The highest BCUT2D eigenvalue weighted by Crippen LogP contribution is 2.20. The summed E-state index contributed by atoms with van der Waals surface area (Å²) in [6.45, 7) is 12.4. The number of nitrogens with one attached hydrogen (secondary N) is 1. The van der Waals surface area contributed by atoms with Crippen molar-refractivity contribution in [3.63, 3.8) is 0 Å². The Morgan fingerprint density at radius 1 is 1.22 bits per heavy atom. The molecule has 0 unspecified atom stereocenters. The zero-order valence-electron chi connectivity index (χ0n) is 16.9. The van der Waals surface area contributed by atoms with E-state index in [4.69, 9.17) is 21.7 Å². The molecule has 6 heteroatoms. The smallest absolute Gasteiger partial charge is 0.169 e. The maximum atomic E-state index is 5.80. The van der Waals surface area contributed by atoms with Crippen LogP contribution in [0.5, 0.6) is 5.75 Å². The second-order valence-corrected chi connectivity index (χ2v) is 7.24. The van der Waals surface area contributed by atoms with E-state index >= 15 is 0 Å². The average molecular weight is 394 g/mol. The average Bonchev–Trinajstić information content (AvgIpc) is 2.69. The van der Waals surface area contributed by atoms with Crippen molar-refractivity contribution in [3.8, 4) is 5.75 Å². The zero-order chi connectivity index (χ0) is 19.3. The van der Waals surface area contributed by atoms with Crippen molar-refractivity contribution < 1.29 is 9.47 Å². The predicted molar refractivity (Wildman–Crippen MR) is 115 cm³/mol. The third kappa shape index (κ3) is 8.03. The van der Waals surface area contributed by atoms with Gasteiger partial charge in [0.15, 0.2) is 5.11 Å². The summed E-state index contributed by atoms with van der Waals surface area (Å²) in [5.41, 5.74) is 1.19. The van der Waals surface area contributed by atoms with Crippen LogP contribution < -0.4 is 10.1 Å². The fourth-order valence-corrected chi connectivity index (χ4v) is 3.44. The van der Waals surface area contributed by atoms with Crippen molar-refractivity contribution in [2.45, 2.75) is 39.7 Å². The molecule has 27 heavy (non-hydrogen) atoms. The minimum atomic E-state index is 0.674. The first-order valence-corrected chi connectivity index (χ1v) is 10.7. The lowest BCUT2D eigenvalue weighted by Crippen LogP contribution is -2.42. The Bertz CT molecular complexity index is 550. The van der Waals surface area contributed by atoms with Crippen LogP contribution in [0.15, 0.2) is 24.3 Å². The van der Waals surface area contributed by atoms with E-state index < -0.39 is 0 Å². The van der Waals surface area contributed by atoms with E-state index in [1.807, 2.05) is 19.1 Å². The number of hydrogen-bond donors (Lipinski definition) is 1. The van der Waals surface area contributed by atoms with Gasteiger partial charge in [-0.25, -0.2) is 0 Å². The number of hydrogen-bond acceptors (Lipinski definition) is 4. The molecule has 1 aromatic rings. The summed E-state index contributed by atoms with van der Waals surface area (Å²) >= 11 is 5.71. The van der Waals surface area contributed by atoms with Crippen LogP contribution in [0.4, 0.5) is 0 Å². The van der Waals surface area contributed by atoms with Crippen LogP contribution in [0, 0.1) is 0 Å². The van der Waals surface area contributed by atoms with Crippen LogP contribution in [0.2, 0.25) is 0 Å². The quantitative estimate of drug-likeness (QED) is 0.459. The van der Waals surface area contributed by atoms with Gasteiger partial charge >= 0.3 is 0 Å². The van der Waals surface area contributed by atoms with Gasteiger partial charge in [0.25, 0.3) is 0 Å². The Balaban J connectivity index is 1.94. The molecule has 0 atom stereocenters. The third-order valence-electron chi connectivity index (χ3n) is 4.73. The van der Waals surface area contributed by atoms with E-state index in [9.17, 15) is 0 Å². The Morgan fingerprint density at radius 3 is 2.74 bits per heavy atom. The predicted octanol–water partition coefficient (Wildman–Crippen LogP) is 3.28. The molecule has 1 aliphatic rings. The lowest BCUT2D eigenvalue weighted by Gasteiger charge is -2.30. The molecule has 1 N–H and O–H groups in total. The minimum absolute atomic E-state index is 0.674. The van der Waals surface area contributed by atoms with Crippen molar-refractivity contribution in [2.75, 3.05) is 52.5 Å². The van der Waals surface area contributed by atoms with Gasteiger partial charge in [-0.15, -0.1) is 0 Å².